The summed E-state index contributed by atoms with van der Waals surface area (Å²) in [5, 5.41) is 8.90. The lowest BCUT2D eigenvalue weighted by atomic mass is 10.2. The summed E-state index contributed by atoms with van der Waals surface area (Å²) >= 11 is 1.41. The number of nitrogens with zero attached hydrogens (tertiary/aromatic N) is 1. The van der Waals surface area contributed by atoms with Crippen LogP contribution in [0.1, 0.15) is 10.4 Å². The van der Waals surface area contributed by atoms with Crippen molar-refractivity contribution in [1.82, 2.24) is 4.98 Å². The van der Waals surface area contributed by atoms with Crippen molar-refractivity contribution < 1.29 is 14.6 Å². The topological polar surface area (TPSA) is 59.4 Å². The molecule has 4 nitrogen and oxygen atoms in total. The number of methoxy groups -OCH3 is 1. The number of aromatic carboxylic acids is 1. The van der Waals surface area contributed by atoms with Crippen molar-refractivity contribution in [2.75, 3.05) is 7.11 Å². The molecule has 1 aromatic heterocycles. The average Bonchev–Trinajstić information content (AvgIpc) is 2.62. The third-order valence-electron chi connectivity index (χ3n) is 1.88. The zero-order valence-corrected chi connectivity index (χ0v) is 8.17. The fourth-order valence-electron chi connectivity index (χ4n) is 1.22. The highest BCUT2D eigenvalue weighted by atomic mass is 32.1. The van der Waals surface area contributed by atoms with Crippen molar-refractivity contribution in [3.05, 3.63) is 23.2 Å². The van der Waals surface area contributed by atoms with Crippen molar-refractivity contribution >= 4 is 27.5 Å². The number of rotatable bonds is 2. The van der Waals surface area contributed by atoms with Crippen LogP contribution in [0.15, 0.2) is 17.6 Å². The summed E-state index contributed by atoms with van der Waals surface area (Å²) in [6.45, 7) is 0. The Hall–Kier alpha value is -1.62. The van der Waals surface area contributed by atoms with E-state index in [1.165, 1.54) is 18.4 Å². The Balaban J connectivity index is 2.72. The van der Waals surface area contributed by atoms with Crippen molar-refractivity contribution in [2.24, 2.45) is 0 Å². The number of hydrogen-bond donors (Lipinski definition) is 1. The summed E-state index contributed by atoms with van der Waals surface area (Å²) in [6, 6.07) is 3.21. The first-order chi connectivity index (χ1) is 6.72. The van der Waals surface area contributed by atoms with Crippen LogP contribution < -0.4 is 4.74 Å². The lowest BCUT2D eigenvalue weighted by Crippen LogP contribution is -1.99. The van der Waals surface area contributed by atoms with Crippen LogP contribution in [0.4, 0.5) is 0 Å². The molecule has 0 bridgehead atoms. The van der Waals surface area contributed by atoms with Crippen molar-refractivity contribution in [2.45, 2.75) is 0 Å². The molecule has 2 aromatic rings. The molecule has 0 unspecified atom stereocenters. The third-order valence-corrected chi connectivity index (χ3v) is 2.67. The van der Waals surface area contributed by atoms with Crippen molar-refractivity contribution in [1.29, 1.82) is 0 Å². The van der Waals surface area contributed by atoms with Crippen LogP contribution in [0.2, 0.25) is 0 Å². The molecule has 72 valence electrons. The minimum absolute atomic E-state index is 0.171. The van der Waals surface area contributed by atoms with Crippen LogP contribution in [0.25, 0.3) is 10.2 Å². The molecule has 0 radical (unpaired) electrons. The van der Waals surface area contributed by atoms with Gasteiger partial charge in [0.15, 0.2) is 0 Å². The van der Waals surface area contributed by atoms with Crippen molar-refractivity contribution in [3.8, 4) is 5.75 Å². The number of carboxylic acids is 1. The second kappa shape index (κ2) is 3.26. The van der Waals surface area contributed by atoms with Crippen LogP contribution in [0.3, 0.4) is 0 Å². The fraction of sp³-hybridized carbons (Fsp3) is 0.111. The first-order valence-corrected chi connectivity index (χ1v) is 4.75. The van der Waals surface area contributed by atoms with Crippen LogP contribution in [-0.2, 0) is 0 Å². The number of carbonyl (C=O) groups is 1. The maximum absolute atomic E-state index is 10.9. The zero-order valence-electron chi connectivity index (χ0n) is 7.35. The average molecular weight is 209 g/mol. The van der Waals surface area contributed by atoms with Crippen LogP contribution in [0, 0.1) is 0 Å². The summed E-state index contributed by atoms with van der Waals surface area (Å²) in [7, 11) is 1.44. The van der Waals surface area contributed by atoms with Gasteiger partial charge in [-0.25, -0.2) is 9.78 Å². The molecule has 0 amide bonds. The van der Waals surface area contributed by atoms with Crippen LogP contribution in [-0.4, -0.2) is 23.2 Å². The van der Waals surface area contributed by atoms with E-state index in [0.29, 0.717) is 5.75 Å². The molecule has 1 N–H and O–H groups in total. The lowest BCUT2D eigenvalue weighted by molar-refractivity contribution is 0.0693. The number of benzene rings is 1. The Kier molecular flexibility index (Phi) is 2.09. The maximum Gasteiger partial charge on any atom is 0.339 e. The normalized spacial score (nSPS) is 10.4. The number of thiazole rings is 1. The molecule has 2 rings (SSSR count). The Labute approximate surface area is 83.8 Å². The second-order valence-electron chi connectivity index (χ2n) is 2.68. The van der Waals surface area contributed by atoms with Gasteiger partial charge >= 0.3 is 5.97 Å². The summed E-state index contributed by atoms with van der Waals surface area (Å²) in [6.07, 6.45) is 0. The highest BCUT2D eigenvalue weighted by Gasteiger charge is 2.12. The zero-order chi connectivity index (χ0) is 10.1. The van der Waals surface area contributed by atoms with Gasteiger partial charge in [0.25, 0.3) is 0 Å². The van der Waals surface area contributed by atoms with Gasteiger partial charge in [-0.1, -0.05) is 0 Å². The molecule has 0 aliphatic rings. The third kappa shape index (κ3) is 1.31. The van der Waals surface area contributed by atoms with E-state index < -0.39 is 5.97 Å². The molecular formula is C9H7NO3S. The quantitative estimate of drug-likeness (QED) is 0.821. The molecular weight excluding hydrogens is 202 g/mol. The van der Waals surface area contributed by atoms with Gasteiger partial charge in [0.2, 0.25) is 0 Å². The summed E-state index contributed by atoms with van der Waals surface area (Å²) in [4.78, 5) is 14.9. The molecule has 0 fully saturated rings. The molecule has 0 spiro atoms. The number of aromatic nitrogens is 1. The standard InChI is InChI=1S/C9H7NO3S/c1-13-7-3-6-8(14-4-10-6)2-5(7)9(11)12/h2-4H,1H3,(H,11,12). The number of carboxylic acid groups (broad SMARTS) is 1. The lowest BCUT2D eigenvalue weighted by Gasteiger charge is -2.03. The van der Waals surface area contributed by atoms with E-state index in [4.69, 9.17) is 9.84 Å². The van der Waals surface area contributed by atoms with Crippen molar-refractivity contribution in [3.63, 3.8) is 0 Å². The van der Waals surface area contributed by atoms with Gasteiger partial charge < -0.3 is 9.84 Å². The van der Waals surface area contributed by atoms with E-state index in [9.17, 15) is 4.79 Å². The molecule has 0 saturated carbocycles. The molecule has 1 aromatic carbocycles. The van der Waals surface area contributed by atoms with E-state index in [0.717, 1.165) is 10.2 Å². The fourth-order valence-corrected chi connectivity index (χ4v) is 1.92. The van der Waals surface area contributed by atoms with E-state index >= 15 is 0 Å². The number of hydrogen-bond acceptors (Lipinski definition) is 4. The van der Waals surface area contributed by atoms with Crippen LogP contribution >= 0.6 is 11.3 Å². The predicted molar refractivity (Wildman–Crippen MR) is 53.1 cm³/mol. The highest BCUT2D eigenvalue weighted by molar-refractivity contribution is 7.16. The first kappa shape index (κ1) is 8.96. The minimum Gasteiger partial charge on any atom is -0.496 e. The monoisotopic (exact) mass is 209 g/mol. The SMILES string of the molecule is COc1cc2ncsc2cc1C(=O)O. The number of ether oxygens (including phenoxy) is 1. The first-order valence-electron chi connectivity index (χ1n) is 3.87. The molecule has 0 atom stereocenters. The molecule has 14 heavy (non-hydrogen) atoms. The van der Waals surface area contributed by atoms with E-state index in [1.807, 2.05) is 0 Å². The predicted octanol–water partition coefficient (Wildman–Crippen LogP) is 2.00. The van der Waals surface area contributed by atoms with Gasteiger partial charge in [-0.05, 0) is 6.07 Å². The van der Waals surface area contributed by atoms with Gasteiger partial charge in [0.1, 0.15) is 11.3 Å². The maximum atomic E-state index is 10.9. The van der Waals surface area contributed by atoms with Gasteiger partial charge in [-0.2, -0.15) is 0 Å². The summed E-state index contributed by atoms with van der Waals surface area (Å²) in [5.41, 5.74) is 2.61. The van der Waals surface area contributed by atoms with Crippen LogP contribution in [0.5, 0.6) is 5.75 Å². The molecule has 0 aliphatic heterocycles. The summed E-state index contributed by atoms with van der Waals surface area (Å²) < 4.78 is 5.82. The smallest absolute Gasteiger partial charge is 0.339 e. The van der Waals surface area contributed by atoms with Gasteiger partial charge in [0, 0.05) is 6.07 Å². The largest absolute Gasteiger partial charge is 0.496 e. The Morgan fingerprint density at radius 2 is 2.36 bits per heavy atom. The van der Waals surface area contributed by atoms with Gasteiger partial charge in [0.05, 0.1) is 22.8 Å². The Morgan fingerprint density at radius 1 is 1.57 bits per heavy atom. The Bertz CT molecular complexity index is 492. The Morgan fingerprint density at radius 3 is 3.00 bits per heavy atom. The summed E-state index contributed by atoms with van der Waals surface area (Å²) in [5.74, 6) is -0.645. The molecule has 1 heterocycles. The van der Waals surface area contributed by atoms with E-state index in [2.05, 4.69) is 4.98 Å². The molecule has 0 saturated heterocycles. The minimum atomic E-state index is -0.989. The molecule has 5 heteroatoms. The molecule has 0 aliphatic carbocycles. The van der Waals surface area contributed by atoms with E-state index in [1.54, 1.807) is 17.6 Å². The number of fused-ring (bicyclic) bond motifs is 1. The highest BCUT2D eigenvalue weighted by Crippen LogP contribution is 2.27. The van der Waals surface area contributed by atoms with Gasteiger partial charge in [-0.15, -0.1) is 11.3 Å². The second-order valence-corrected chi connectivity index (χ2v) is 3.56. The van der Waals surface area contributed by atoms with E-state index in [-0.39, 0.29) is 5.56 Å². The van der Waals surface area contributed by atoms with Gasteiger partial charge in [-0.3, -0.25) is 0 Å².